The molecule has 0 spiro atoms. The molecule has 2 heteroatoms. The molecule has 1 aliphatic rings. The van der Waals surface area contributed by atoms with Crippen LogP contribution in [0.3, 0.4) is 0 Å². The lowest BCUT2D eigenvalue weighted by molar-refractivity contribution is 0.104. The number of rotatable bonds is 0. The second-order valence-corrected chi connectivity index (χ2v) is 4.18. The van der Waals surface area contributed by atoms with E-state index >= 15 is 0 Å². The summed E-state index contributed by atoms with van der Waals surface area (Å²) < 4.78 is 0. The van der Waals surface area contributed by atoms with Gasteiger partial charge in [0, 0.05) is 16.8 Å². The van der Waals surface area contributed by atoms with Crippen LogP contribution in [0, 0.1) is 6.92 Å². The highest BCUT2D eigenvalue weighted by Gasteiger charge is 2.26. The summed E-state index contributed by atoms with van der Waals surface area (Å²) in [6.45, 7) is 2.02. The minimum atomic E-state index is 0.102. The fourth-order valence-electron chi connectivity index (χ4n) is 2.21. The van der Waals surface area contributed by atoms with Gasteiger partial charge in [-0.15, -0.1) is 0 Å². The Morgan fingerprint density at radius 3 is 2.25 bits per heavy atom. The normalized spacial score (nSPS) is 12.4. The van der Waals surface area contributed by atoms with E-state index in [0.717, 1.165) is 27.8 Å². The van der Waals surface area contributed by atoms with E-state index in [2.05, 4.69) is 0 Å². The molecule has 0 amide bonds. The van der Waals surface area contributed by atoms with E-state index in [-0.39, 0.29) is 5.78 Å². The summed E-state index contributed by atoms with van der Waals surface area (Å²) in [4.78, 5) is 12.1. The Bertz CT molecular complexity index is 561. The lowest BCUT2D eigenvalue weighted by Gasteiger charge is -2.01. The quantitative estimate of drug-likeness (QED) is 0.578. The van der Waals surface area contributed by atoms with Gasteiger partial charge in [0.25, 0.3) is 0 Å². The molecule has 0 unspecified atom stereocenters. The minimum absolute atomic E-state index is 0.102. The lowest BCUT2D eigenvalue weighted by Crippen LogP contribution is -1.95. The standard InChI is InChI=1S/C14H11NO/c1-8-2-4-10-12(6-8)13-7-9(15)3-5-11(13)14(10)16/h2-7H,15H2,1H3. The number of nitrogens with two attached hydrogens (primary N) is 1. The minimum Gasteiger partial charge on any atom is -0.399 e. The van der Waals surface area contributed by atoms with Crippen molar-refractivity contribution in [3.05, 3.63) is 53.1 Å². The van der Waals surface area contributed by atoms with E-state index in [1.54, 1.807) is 6.07 Å². The molecule has 1 aliphatic carbocycles. The zero-order valence-corrected chi connectivity index (χ0v) is 8.95. The predicted octanol–water partition coefficient (Wildman–Crippen LogP) is 2.79. The van der Waals surface area contributed by atoms with E-state index in [9.17, 15) is 4.79 Å². The van der Waals surface area contributed by atoms with Crippen LogP contribution in [0.2, 0.25) is 0 Å². The van der Waals surface area contributed by atoms with Gasteiger partial charge in [-0.3, -0.25) is 4.79 Å². The van der Waals surface area contributed by atoms with Gasteiger partial charge in [0.2, 0.25) is 0 Å². The lowest BCUT2D eigenvalue weighted by atomic mass is 10.0. The molecule has 2 nitrogen and oxygen atoms in total. The highest BCUT2D eigenvalue weighted by atomic mass is 16.1. The fourth-order valence-corrected chi connectivity index (χ4v) is 2.21. The number of anilines is 1. The Balaban J connectivity index is 2.37. The molecule has 2 aromatic rings. The maximum Gasteiger partial charge on any atom is 0.194 e. The Labute approximate surface area is 93.7 Å². The zero-order chi connectivity index (χ0) is 11.3. The number of aryl methyl sites for hydroxylation is 1. The monoisotopic (exact) mass is 209 g/mol. The van der Waals surface area contributed by atoms with Crippen LogP contribution in [-0.4, -0.2) is 5.78 Å². The fraction of sp³-hybridized carbons (Fsp3) is 0.0714. The summed E-state index contributed by atoms with van der Waals surface area (Å²) in [6.07, 6.45) is 0. The van der Waals surface area contributed by atoms with Crippen LogP contribution in [-0.2, 0) is 0 Å². The molecule has 0 bridgehead atoms. The Kier molecular flexibility index (Phi) is 1.69. The number of nitrogen functional groups attached to an aromatic ring is 1. The van der Waals surface area contributed by atoms with E-state index in [4.69, 9.17) is 5.73 Å². The van der Waals surface area contributed by atoms with E-state index in [1.165, 1.54) is 0 Å². The van der Waals surface area contributed by atoms with Gasteiger partial charge in [0.15, 0.2) is 5.78 Å². The molecule has 78 valence electrons. The number of benzene rings is 2. The van der Waals surface area contributed by atoms with Crippen LogP contribution in [0.15, 0.2) is 36.4 Å². The van der Waals surface area contributed by atoms with Gasteiger partial charge in [-0.05, 0) is 36.2 Å². The van der Waals surface area contributed by atoms with Crippen molar-refractivity contribution in [3.63, 3.8) is 0 Å². The molecule has 0 radical (unpaired) electrons. The molecule has 0 atom stereocenters. The number of fused-ring (bicyclic) bond motifs is 3. The van der Waals surface area contributed by atoms with Crippen LogP contribution in [0.25, 0.3) is 11.1 Å². The van der Waals surface area contributed by atoms with Crippen molar-refractivity contribution in [1.29, 1.82) is 0 Å². The molecule has 0 heterocycles. The molecule has 0 saturated heterocycles. The van der Waals surface area contributed by atoms with Gasteiger partial charge in [-0.25, -0.2) is 0 Å². The summed E-state index contributed by atoms with van der Waals surface area (Å²) in [5, 5.41) is 0. The molecular formula is C14H11NO. The van der Waals surface area contributed by atoms with Crippen LogP contribution in [0.1, 0.15) is 21.5 Å². The van der Waals surface area contributed by atoms with Gasteiger partial charge in [0.1, 0.15) is 0 Å². The molecule has 0 aliphatic heterocycles. The number of ketones is 1. The predicted molar refractivity (Wildman–Crippen MR) is 64.5 cm³/mol. The molecule has 0 saturated carbocycles. The van der Waals surface area contributed by atoms with Gasteiger partial charge in [-0.2, -0.15) is 0 Å². The number of carbonyl (C=O) groups excluding carboxylic acids is 1. The number of hydrogen-bond donors (Lipinski definition) is 1. The third kappa shape index (κ3) is 1.10. The van der Waals surface area contributed by atoms with Gasteiger partial charge in [0.05, 0.1) is 0 Å². The first-order valence-electron chi connectivity index (χ1n) is 5.22. The first-order valence-corrected chi connectivity index (χ1v) is 5.22. The second kappa shape index (κ2) is 2.95. The molecule has 16 heavy (non-hydrogen) atoms. The van der Waals surface area contributed by atoms with Gasteiger partial charge >= 0.3 is 0 Å². The summed E-state index contributed by atoms with van der Waals surface area (Å²) >= 11 is 0. The van der Waals surface area contributed by atoms with Crippen molar-refractivity contribution >= 4 is 11.5 Å². The smallest absolute Gasteiger partial charge is 0.194 e. The Morgan fingerprint density at radius 1 is 0.875 bits per heavy atom. The molecule has 2 aromatic carbocycles. The van der Waals surface area contributed by atoms with E-state index in [0.29, 0.717) is 5.69 Å². The van der Waals surface area contributed by atoms with Gasteiger partial charge in [-0.1, -0.05) is 23.8 Å². The maximum absolute atomic E-state index is 12.1. The Hall–Kier alpha value is -2.09. The van der Waals surface area contributed by atoms with E-state index in [1.807, 2.05) is 37.3 Å². The first kappa shape index (κ1) is 9.16. The first-order chi connectivity index (χ1) is 7.66. The topological polar surface area (TPSA) is 43.1 Å². The highest BCUT2D eigenvalue weighted by molar-refractivity contribution is 6.22. The second-order valence-electron chi connectivity index (χ2n) is 4.18. The third-order valence-corrected chi connectivity index (χ3v) is 3.00. The van der Waals surface area contributed by atoms with Crippen LogP contribution in [0.4, 0.5) is 5.69 Å². The summed E-state index contributed by atoms with van der Waals surface area (Å²) in [7, 11) is 0. The molecule has 2 N–H and O–H groups in total. The highest BCUT2D eigenvalue weighted by Crippen LogP contribution is 2.37. The maximum atomic E-state index is 12.1. The zero-order valence-electron chi connectivity index (χ0n) is 8.95. The molecule has 0 aromatic heterocycles. The van der Waals surface area contributed by atoms with Crippen LogP contribution >= 0.6 is 0 Å². The van der Waals surface area contributed by atoms with Crippen molar-refractivity contribution in [3.8, 4) is 11.1 Å². The number of hydrogen-bond acceptors (Lipinski definition) is 2. The molecule has 0 fully saturated rings. The number of carbonyl (C=O) groups is 1. The summed E-state index contributed by atoms with van der Waals surface area (Å²) in [6, 6.07) is 11.4. The molecular weight excluding hydrogens is 198 g/mol. The Morgan fingerprint density at radius 2 is 1.50 bits per heavy atom. The largest absolute Gasteiger partial charge is 0.399 e. The summed E-state index contributed by atoms with van der Waals surface area (Å²) in [5.41, 5.74) is 11.1. The van der Waals surface area contributed by atoms with Crippen molar-refractivity contribution in [2.24, 2.45) is 0 Å². The average molecular weight is 209 g/mol. The van der Waals surface area contributed by atoms with Crippen molar-refractivity contribution in [2.45, 2.75) is 6.92 Å². The van der Waals surface area contributed by atoms with E-state index < -0.39 is 0 Å². The van der Waals surface area contributed by atoms with Crippen molar-refractivity contribution < 1.29 is 4.79 Å². The van der Waals surface area contributed by atoms with Crippen LogP contribution in [0.5, 0.6) is 0 Å². The van der Waals surface area contributed by atoms with Crippen molar-refractivity contribution in [1.82, 2.24) is 0 Å². The average Bonchev–Trinajstić information content (AvgIpc) is 2.52. The molecule has 3 rings (SSSR count). The SMILES string of the molecule is Cc1ccc2c(c1)-c1cc(N)ccc1C2=O. The van der Waals surface area contributed by atoms with Crippen LogP contribution < -0.4 is 5.73 Å². The van der Waals surface area contributed by atoms with Gasteiger partial charge < -0.3 is 5.73 Å². The third-order valence-electron chi connectivity index (χ3n) is 3.00. The summed E-state index contributed by atoms with van der Waals surface area (Å²) in [5.74, 6) is 0.102. The van der Waals surface area contributed by atoms with Crippen molar-refractivity contribution in [2.75, 3.05) is 5.73 Å².